The molecule has 360 valence electrons. The van der Waals surface area contributed by atoms with Crippen molar-refractivity contribution in [3.05, 3.63) is 81.7 Å². The van der Waals surface area contributed by atoms with E-state index in [-0.39, 0.29) is 11.6 Å². The molecule has 1 unspecified atom stereocenters. The second kappa shape index (κ2) is 34.5. The molecule has 0 aromatic carbocycles. The Labute approximate surface area is 385 Å². The molecule has 0 aliphatic carbocycles. The molecule has 1 fully saturated rings. The molecular weight excluding hydrogens is 803 g/mol. The lowest BCUT2D eigenvalue weighted by Gasteiger charge is -2.40. The number of oxime groups is 1. The maximum Gasteiger partial charge on any atom is 0.330 e. The topological polar surface area (TPSA) is 104 Å². The first-order chi connectivity index (χ1) is 30.4. The molecule has 0 saturated carbocycles. The summed E-state index contributed by atoms with van der Waals surface area (Å²) < 4.78 is 20.8. The van der Waals surface area contributed by atoms with Gasteiger partial charge in [0.05, 0.1) is 5.71 Å². The number of H-pyrrole nitrogens is 1. The Balaban J connectivity index is 1.94. The third kappa shape index (κ3) is 24.9. The fourth-order valence-electron chi connectivity index (χ4n) is 7.66. The van der Waals surface area contributed by atoms with Gasteiger partial charge < -0.3 is 18.7 Å². The first-order valence-corrected chi connectivity index (χ1v) is 28.3. The molecule has 63 heavy (non-hydrogen) atoms. The van der Waals surface area contributed by atoms with Gasteiger partial charge in [0, 0.05) is 19.4 Å². The molecule has 1 aliphatic heterocycles. The van der Waals surface area contributed by atoms with E-state index in [2.05, 4.69) is 101 Å². The maximum atomic E-state index is 12.9. The molecular formula is C53H93N3O6Si. The van der Waals surface area contributed by atoms with Gasteiger partial charge in [-0.3, -0.25) is 14.3 Å². The molecule has 1 aromatic rings. The standard InChI is InChI=1S/C53H93N3O6Si/c1-9-11-13-15-17-19-21-23-25-27-29-31-33-35-37-39-41-46(42-40-38-36-34-32-30-28-26-24-22-20-18-16-14-12-10-2)55-60-45-47-49(62-63(7,8)53(3,4)5)50(59-6)51(61-47)56-44-43-48(57)54-52(56)58/h17-20,23-26,43-44,47,49-51H,9-16,21-22,27-42,45H2,1-8H3,(H,54,57,58)/b19-17-,20-18-,25-23-,26-24-/t47-,49?,50+,51-/m1/s1. The van der Waals surface area contributed by atoms with Crippen molar-refractivity contribution in [2.75, 3.05) is 13.7 Å². The van der Waals surface area contributed by atoms with Crippen LogP contribution < -0.4 is 11.2 Å². The quantitative estimate of drug-likeness (QED) is 0.0235. The molecule has 10 heteroatoms. The van der Waals surface area contributed by atoms with Crippen LogP contribution in [0.15, 0.2) is 75.6 Å². The first kappa shape index (κ1) is 56.3. The summed E-state index contributed by atoms with van der Waals surface area (Å²) in [5.41, 5.74) is 0.100. The molecule has 0 spiro atoms. The zero-order valence-electron chi connectivity index (χ0n) is 41.5. The van der Waals surface area contributed by atoms with Crippen molar-refractivity contribution in [2.24, 2.45) is 5.16 Å². The number of rotatable bonds is 37. The van der Waals surface area contributed by atoms with E-state index in [4.69, 9.17) is 23.9 Å². The smallest absolute Gasteiger partial charge is 0.330 e. The Hall–Kier alpha value is -2.79. The van der Waals surface area contributed by atoms with Crippen LogP contribution in [-0.4, -0.2) is 55.6 Å². The summed E-state index contributed by atoms with van der Waals surface area (Å²) in [6.07, 6.45) is 49.0. The Morgan fingerprint density at radius 3 is 1.60 bits per heavy atom. The molecule has 9 nitrogen and oxygen atoms in total. The van der Waals surface area contributed by atoms with Gasteiger partial charge in [-0.2, -0.15) is 0 Å². The second-order valence-electron chi connectivity index (χ2n) is 19.2. The minimum absolute atomic E-state index is 0.0570. The summed E-state index contributed by atoms with van der Waals surface area (Å²) in [6.45, 7) is 15.7. The van der Waals surface area contributed by atoms with Crippen LogP contribution in [-0.2, 0) is 18.7 Å². The first-order valence-electron chi connectivity index (χ1n) is 25.4. The third-order valence-electron chi connectivity index (χ3n) is 12.7. The molecule has 1 aromatic heterocycles. The summed E-state index contributed by atoms with van der Waals surface area (Å²) in [4.78, 5) is 33.3. The summed E-state index contributed by atoms with van der Waals surface area (Å²) in [6, 6.07) is 1.32. The van der Waals surface area contributed by atoms with Gasteiger partial charge in [-0.25, -0.2) is 4.79 Å². The van der Waals surface area contributed by atoms with Gasteiger partial charge in [0.25, 0.3) is 5.56 Å². The predicted octanol–water partition coefficient (Wildman–Crippen LogP) is 14.6. The van der Waals surface area contributed by atoms with Gasteiger partial charge in [0.1, 0.15) is 24.9 Å². The van der Waals surface area contributed by atoms with Crippen molar-refractivity contribution in [3.63, 3.8) is 0 Å². The van der Waals surface area contributed by atoms with Crippen LogP contribution in [0.25, 0.3) is 0 Å². The van der Waals surface area contributed by atoms with Crippen molar-refractivity contribution in [1.82, 2.24) is 9.55 Å². The summed E-state index contributed by atoms with van der Waals surface area (Å²) in [5.74, 6) is 0. The van der Waals surface area contributed by atoms with Crippen LogP contribution in [0.2, 0.25) is 18.1 Å². The molecule has 1 N–H and O–H groups in total. The number of unbranched alkanes of at least 4 members (excludes halogenated alkanes) is 18. The van der Waals surface area contributed by atoms with E-state index in [1.165, 1.54) is 145 Å². The van der Waals surface area contributed by atoms with Crippen molar-refractivity contribution in [1.29, 1.82) is 0 Å². The molecule has 0 amide bonds. The van der Waals surface area contributed by atoms with Crippen LogP contribution in [0.5, 0.6) is 0 Å². The highest BCUT2D eigenvalue weighted by Crippen LogP contribution is 2.42. The Morgan fingerprint density at radius 1 is 0.698 bits per heavy atom. The lowest BCUT2D eigenvalue weighted by molar-refractivity contribution is -0.0717. The number of nitrogens with one attached hydrogen (secondary N) is 1. The zero-order valence-corrected chi connectivity index (χ0v) is 42.5. The predicted molar refractivity (Wildman–Crippen MR) is 269 cm³/mol. The minimum atomic E-state index is -2.29. The van der Waals surface area contributed by atoms with E-state index in [0.717, 1.165) is 44.2 Å². The van der Waals surface area contributed by atoms with E-state index in [9.17, 15) is 9.59 Å². The molecule has 1 saturated heterocycles. The molecule has 2 heterocycles. The third-order valence-corrected chi connectivity index (χ3v) is 17.2. The summed E-state index contributed by atoms with van der Waals surface area (Å²) >= 11 is 0. The summed E-state index contributed by atoms with van der Waals surface area (Å²) in [7, 11) is -0.679. The number of aromatic amines is 1. The molecule has 2 rings (SSSR count). The molecule has 0 bridgehead atoms. The minimum Gasteiger partial charge on any atom is -0.408 e. The van der Waals surface area contributed by atoms with Crippen LogP contribution in [0.1, 0.15) is 208 Å². The van der Waals surface area contributed by atoms with Crippen LogP contribution in [0.3, 0.4) is 0 Å². The number of allylic oxidation sites excluding steroid dienone is 8. The summed E-state index contributed by atoms with van der Waals surface area (Å²) in [5, 5.41) is 4.71. The fraction of sp³-hybridized carbons (Fsp3) is 0.755. The number of nitrogens with zero attached hydrogens (tertiary/aromatic N) is 2. The van der Waals surface area contributed by atoms with Crippen molar-refractivity contribution < 1.29 is 18.7 Å². The van der Waals surface area contributed by atoms with Gasteiger partial charge in [-0.1, -0.05) is 165 Å². The lowest BCUT2D eigenvalue weighted by atomic mass is 10.0. The van der Waals surface area contributed by atoms with Gasteiger partial charge in [0.15, 0.2) is 14.5 Å². The van der Waals surface area contributed by atoms with E-state index < -0.39 is 44.1 Å². The number of ether oxygens (including phenoxy) is 2. The number of methoxy groups -OCH3 is 1. The van der Waals surface area contributed by atoms with Gasteiger partial charge in [0.2, 0.25) is 0 Å². The number of hydrogen-bond donors (Lipinski definition) is 1. The Bertz CT molecular complexity index is 1520. The number of hydrogen-bond acceptors (Lipinski definition) is 7. The number of aromatic nitrogens is 2. The van der Waals surface area contributed by atoms with Gasteiger partial charge >= 0.3 is 5.69 Å². The monoisotopic (exact) mass is 896 g/mol. The normalized spacial score (nSPS) is 18.5. The highest BCUT2D eigenvalue weighted by molar-refractivity contribution is 6.74. The maximum absolute atomic E-state index is 12.9. The van der Waals surface area contributed by atoms with Gasteiger partial charge in [-0.05, 0) is 108 Å². The second-order valence-corrected chi connectivity index (χ2v) is 24.0. The Morgan fingerprint density at radius 2 is 1.16 bits per heavy atom. The van der Waals surface area contributed by atoms with Crippen LogP contribution >= 0.6 is 0 Å². The van der Waals surface area contributed by atoms with Crippen molar-refractivity contribution in [2.45, 2.75) is 244 Å². The highest BCUT2D eigenvalue weighted by atomic mass is 28.4. The molecule has 1 aliphatic rings. The Kier molecular flexibility index (Phi) is 30.9. The molecule has 4 atom stereocenters. The average molecular weight is 896 g/mol. The molecule has 0 radical (unpaired) electrons. The van der Waals surface area contributed by atoms with Gasteiger partial charge in [-0.15, -0.1) is 0 Å². The lowest BCUT2D eigenvalue weighted by Crippen LogP contribution is -2.50. The highest BCUT2D eigenvalue weighted by Gasteiger charge is 2.51. The van der Waals surface area contributed by atoms with Crippen molar-refractivity contribution >= 4 is 14.0 Å². The van der Waals surface area contributed by atoms with E-state index in [0.29, 0.717) is 0 Å². The zero-order chi connectivity index (χ0) is 46.0. The average Bonchev–Trinajstić information content (AvgIpc) is 3.57. The fourth-order valence-corrected chi connectivity index (χ4v) is 8.98. The van der Waals surface area contributed by atoms with Crippen molar-refractivity contribution in [3.8, 4) is 0 Å². The SMILES string of the molecule is CCCCC/C=C\C/C=C\CCCCCCCCC(CCCCCCCC/C=C\C/C=C\CCCCC)=NOC[C@H]1O[C@@H](n2ccc(=O)[nH]c2=O)[C@@H](OC)C1O[Si](C)(C)C(C)(C)C. The van der Waals surface area contributed by atoms with E-state index in [1.54, 1.807) is 7.11 Å². The van der Waals surface area contributed by atoms with E-state index >= 15 is 0 Å². The van der Waals surface area contributed by atoms with Crippen LogP contribution in [0.4, 0.5) is 0 Å². The van der Waals surface area contributed by atoms with E-state index in [1.807, 2.05) is 0 Å². The largest absolute Gasteiger partial charge is 0.408 e. The van der Waals surface area contributed by atoms with Crippen LogP contribution in [0, 0.1) is 0 Å².